The Morgan fingerprint density at radius 2 is 1.68 bits per heavy atom. The fourth-order valence-electron chi connectivity index (χ4n) is 1.68. The fraction of sp³-hybridized carbons (Fsp3) is 0.333. The van der Waals surface area contributed by atoms with Gasteiger partial charge in [-0.15, -0.1) is 0 Å². The Balaban J connectivity index is 2.23. The van der Waals surface area contributed by atoms with Crippen molar-refractivity contribution in [3.8, 4) is 11.6 Å². The number of aromatic nitrogens is 2. The summed E-state index contributed by atoms with van der Waals surface area (Å²) in [5.41, 5.74) is 7.87. The predicted molar refractivity (Wildman–Crippen MR) is 76.4 cm³/mol. The number of ether oxygens (including phenoxy) is 1. The van der Waals surface area contributed by atoms with Crippen LogP contribution in [0.5, 0.6) is 11.6 Å². The molecule has 0 saturated heterocycles. The van der Waals surface area contributed by atoms with E-state index in [2.05, 4.69) is 42.9 Å². The van der Waals surface area contributed by atoms with Crippen LogP contribution in [-0.2, 0) is 5.41 Å². The first-order chi connectivity index (χ1) is 8.88. The van der Waals surface area contributed by atoms with E-state index in [0.717, 1.165) is 11.3 Å². The summed E-state index contributed by atoms with van der Waals surface area (Å²) in [5, 5.41) is 0. The van der Waals surface area contributed by atoms with Crippen LogP contribution in [0, 0.1) is 6.92 Å². The van der Waals surface area contributed by atoms with Crippen molar-refractivity contribution in [2.24, 2.45) is 0 Å². The van der Waals surface area contributed by atoms with Gasteiger partial charge in [0.25, 0.3) is 0 Å². The molecule has 19 heavy (non-hydrogen) atoms. The molecule has 0 aliphatic heterocycles. The van der Waals surface area contributed by atoms with Gasteiger partial charge in [0.05, 0.1) is 5.56 Å². The van der Waals surface area contributed by atoms with Crippen molar-refractivity contribution in [1.29, 1.82) is 0 Å². The Labute approximate surface area is 113 Å². The molecule has 4 nitrogen and oxygen atoms in total. The van der Waals surface area contributed by atoms with Crippen molar-refractivity contribution < 1.29 is 4.74 Å². The number of benzene rings is 1. The molecule has 0 unspecified atom stereocenters. The second-order valence-electron chi connectivity index (χ2n) is 5.57. The smallest absolute Gasteiger partial charge is 0.227 e. The van der Waals surface area contributed by atoms with Crippen molar-refractivity contribution in [3.63, 3.8) is 0 Å². The third-order valence-corrected chi connectivity index (χ3v) is 3.01. The molecule has 0 fully saturated rings. The maximum absolute atomic E-state index is 5.73. The topological polar surface area (TPSA) is 61.0 Å². The van der Waals surface area contributed by atoms with E-state index in [1.165, 1.54) is 11.9 Å². The maximum Gasteiger partial charge on any atom is 0.227 e. The molecule has 0 bridgehead atoms. The summed E-state index contributed by atoms with van der Waals surface area (Å²) in [6.07, 6.45) is 1.40. The average Bonchev–Trinajstić information content (AvgIpc) is 2.35. The SMILES string of the molecule is Cc1c(N)ncnc1Oc1ccc(C(C)(C)C)cc1. The highest BCUT2D eigenvalue weighted by Gasteiger charge is 2.13. The highest BCUT2D eigenvalue weighted by atomic mass is 16.5. The van der Waals surface area contributed by atoms with E-state index in [9.17, 15) is 0 Å². The van der Waals surface area contributed by atoms with Crippen LogP contribution in [0.1, 0.15) is 31.9 Å². The minimum Gasteiger partial charge on any atom is -0.439 e. The molecule has 0 atom stereocenters. The highest BCUT2D eigenvalue weighted by Crippen LogP contribution is 2.28. The molecule has 0 saturated carbocycles. The van der Waals surface area contributed by atoms with Crippen LogP contribution >= 0.6 is 0 Å². The number of nitrogens with zero attached hydrogens (tertiary/aromatic N) is 2. The lowest BCUT2D eigenvalue weighted by atomic mass is 9.87. The number of nitrogens with two attached hydrogens (primary N) is 1. The lowest BCUT2D eigenvalue weighted by Crippen LogP contribution is -2.10. The molecule has 100 valence electrons. The van der Waals surface area contributed by atoms with E-state index in [1.54, 1.807) is 0 Å². The van der Waals surface area contributed by atoms with Crippen molar-refractivity contribution in [1.82, 2.24) is 9.97 Å². The van der Waals surface area contributed by atoms with E-state index in [1.807, 2.05) is 19.1 Å². The lowest BCUT2D eigenvalue weighted by Gasteiger charge is -2.19. The summed E-state index contributed by atoms with van der Waals surface area (Å²) in [6, 6.07) is 8.01. The standard InChI is InChI=1S/C15H19N3O/c1-10-13(16)17-9-18-14(10)19-12-7-5-11(6-8-12)15(2,3)4/h5-9H,1-4H3,(H2,16,17,18). The van der Waals surface area contributed by atoms with Gasteiger partial charge in [0.2, 0.25) is 5.88 Å². The van der Waals surface area contributed by atoms with Gasteiger partial charge in [-0.3, -0.25) is 0 Å². The largest absolute Gasteiger partial charge is 0.439 e. The van der Waals surface area contributed by atoms with Gasteiger partial charge in [-0.1, -0.05) is 32.9 Å². The molecule has 0 amide bonds. The summed E-state index contributed by atoms with van der Waals surface area (Å²) < 4.78 is 5.73. The molecule has 0 radical (unpaired) electrons. The van der Waals surface area contributed by atoms with Crippen LogP contribution in [-0.4, -0.2) is 9.97 Å². The maximum atomic E-state index is 5.73. The van der Waals surface area contributed by atoms with E-state index < -0.39 is 0 Å². The monoisotopic (exact) mass is 257 g/mol. The normalized spacial score (nSPS) is 11.4. The zero-order valence-electron chi connectivity index (χ0n) is 11.8. The predicted octanol–water partition coefficient (Wildman–Crippen LogP) is 3.46. The van der Waals surface area contributed by atoms with Crippen molar-refractivity contribution >= 4 is 5.82 Å². The Hall–Kier alpha value is -2.10. The third-order valence-electron chi connectivity index (χ3n) is 3.01. The van der Waals surface area contributed by atoms with Crippen LogP contribution in [0.15, 0.2) is 30.6 Å². The Morgan fingerprint density at radius 3 is 2.26 bits per heavy atom. The van der Waals surface area contributed by atoms with Gasteiger partial charge >= 0.3 is 0 Å². The molecular formula is C15H19N3O. The van der Waals surface area contributed by atoms with Crippen LogP contribution < -0.4 is 10.5 Å². The Bertz CT molecular complexity index is 571. The Morgan fingerprint density at radius 1 is 1.05 bits per heavy atom. The van der Waals surface area contributed by atoms with Crippen LogP contribution in [0.3, 0.4) is 0 Å². The van der Waals surface area contributed by atoms with Gasteiger partial charge in [-0.25, -0.2) is 9.97 Å². The second-order valence-corrected chi connectivity index (χ2v) is 5.57. The average molecular weight is 257 g/mol. The minimum absolute atomic E-state index is 0.133. The van der Waals surface area contributed by atoms with Crippen molar-refractivity contribution in [2.45, 2.75) is 33.1 Å². The number of hydrogen-bond donors (Lipinski definition) is 1. The van der Waals surface area contributed by atoms with Crippen LogP contribution in [0.4, 0.5) is 5.82 Å². The molecule has 2 rings (SSSR count). The van der Waals surface area contributed by atoms with Gasteiger partial charge in [-0.05, 0) is 30.0 Å². The zero-order chi connectivity index (χ0) is 14.0. The third kappa shape index (κ3) is 3.02. The molecule has 0 aliphatic carbocycles. The molecular weight excluding hydrogens is 238 g/mol. The lowest BCUT2D eigenvalue weighted by molar-refractivity contribution is 0.457. The summed E-state index contributed by atoms with van der Waals surface area (Å²) in [7, 11) is 0. The van der Waals surface area contributed by atoms with E-state index >= 15 is 0 Å². The van der Waals surface area contributed by atoms with Gasteiger partial charge in [0, 0.05) is 0 Å². The van der Waals surface area contributed by atoms with Gasteiger partial charge < -0.3 is 10.5 Å². The highest BCUT2D eigenvalue weighted by molar-refractivity contribution is 5.45. The molecule has 0 spiro atoms. The number of anilines is 1. The molecule has 1 aromatic heterocycles. The first-order valence-corrected chi connectivity index (χ1v) is 6.23. The van der Waals surface area contributed by atoms with E-state index in [-0.39, 0.29) is 5.41 Å². The van der Waals surface area contributed by atoms with Gasteiger partial charge in [0.15, 0.2) is 0 Å². The van der Waals surface area contributed by atoms with E-state index in [4.69, 9.17) is 10.5 Å². The van der Waals surface area contributed by atoms with Crippen LogP contribution in [0.2, 0.25) is 0 Å². The quantitative estimate of drug-likeness (QED) is 0.895. The first-order valence-electron chi connectivity index (χ1n) is 6.23. The molecule has 1 heterocycles. The van der Waals surface area contributed by atoms with Crippen molar-refractivity contribution in [2.75, 3.05) is 5.73 Å². The zero-order valence-corrected chi connectivity index (χ0v) is 11.8. The summed E-state index contributed by atoms with van der Waals surface area (Å²) >= 11 is 0. The molecule has 0 aliphatic rings. The molecule has 4 heteroatoms. The Kier molecular flexibility index (Phi) is 3.42. The van der Waals surface area contributed by atoms with Crippen LogP contribution in [0.25, 0.3) is 0 Å². The molecule has 1 aromatic carbocycles. The molecule has 2 aromatic rings. The summed E-state index contributed by atoms with van der Waals surface area (Å²) in [5.74, 6) is 1.68. The van der Waals surface area contributed by atoms with Gasteiger partial charge in [0.1, 0.15) is 17.9 Å². The number of rotatable bonds is 2. The van der Waals surface area contributed by atoms with Gasteiger partial charge in [-0.2, -0.15) is 0 Å². The first kappa shape index (κ1) is 13.3. The minimum atomic E-state index is 0.133. The summed E-state index contributed by atoms with van der Waals surface area (Å²) in [6.45, 7) is 8.38. The van der Waals surface area contributed by atoms with Crippen molar-refractivity contribution in [3.05, 3.63) is 41.7 Å². The number of nitrogen functional groups attached to an aromatic ring is 1. The van der Waals surface area contributed by atoms with E-state index in [0.29, 0.717) is 11.7 Å². The fourth-order valence-corrected chi connectivity index (χ4v) is 1.68. The molecule has 2 N–H and O–H groups in total. The number of hydrogen-bond acceptors (Lipinski definition) is 4. The summed E-state index contributed by atoms with van der Waals surface area (Å²) in [4.78, 5) is 8.01. The second kappa shape index (κ2) is 4.88.